The van der Waals surface area contributed by atoms with Gasteiger partial charge in [-0.1, -0.05) is 0 Å². The Morgan fingerprint density at radius 3 is 2.50 bits per heavy atom. The van der Waals surface area contributed by atoms with Gasteiger partial charge in [-0.15, -0.1) is 0 Å². The molecule has 0 bridgehead atoms. The summed E-state index contributed by atoms with van der Waals surface area (Å²) in [6.07, 6.45) is 0. The third-order valence-electron chi connectivity index (χ3n) is 2.79. The van der Waals surface area contributed by atoms with Crippen molar-refractivity contribution in [3.05, 3.63) is 36.9 Å². The Kier molecular flexibility index (Phi) is 4.77. The summed E-state index contributed by atoms with van der Waals surface area (Å²) in [6, 6.07) is 3.53. The van der Waals surface area contributed by atoms with Crippen molar-refractivity contribution in [2.75, 3.05) is 26.3 Å². The van der Waals surface area contributed by atoms with Gasteiger partial charge in [-0.05, 0) is 49.6 Å². The third-order valence-corrected chi connectivity index (χ3v) is 3.99. The fourth-order valence-corrected chi connectivity index (χ4v) is 2.79. The Morgan fingerprint density at radius 1 is 1.22 bits per heavy atom. The van der Waals surface area contributed by atoms with Crippen LogP contribution in [0.4, 0.5) is 0 Å². The maximum Gasteiger partial charge on any atom is 0.235 e. The Balaban J connectivity index is 2.28. The van der Waals surface area contributed by atoms with Crippen LogP contribution in [-0.2, 0) is 11.3 Å². The van der Waals surface area contributed by atoms with Gasteiger partial charge in [0.05, 0.1) is 22.2 Å². The van der Waals surface area contributed by atoms with Crippen LogP contribution in [0, 0.1) is 0 Å². The molecule has 0 radical (unpaired) electrons. The van der Waals surface area contributed by atoms with E-state index in [1.165, 1.54) is 0 Å². The van der Waals surface area contributed by atoms with Gasteiger partial charge in [0.1, 0.15) is 0 Å². The third kappa shape index (κ3) is 3.32. The lowest BCUT2D eigenvalue weighted by molar-refractivity contribution is 0.0342. The average molecular weight is 379 g/mol. The molecular weight excluding hydrogens is 366 g/mol. The predicted molar refractivity (Wildman–Crippen MR) is 75.9 cm³/mol. The van der Waals surface area contributed by atoms with Crippen molar-refractivity contribution in [3.8, 4) is 5.75 Å². The maximum absolute atomic E-state index is 11.7. The SMILES string of the molecule is O=c1c(Br)cc(CN2CCOCC2)cc(Br)c1O. The molecule has 0 atom stereocenters. The van der Waals surface area contributed by atoms with E-state index in [0.717, 1.165) is 38.4 Å². The quantitative estimate of drug-likeness (QED) is 0.856. The number of nitrogens with zero attached hydrogens (tertiary/aromatic N) is 1. The predicted octanol–water partition coefficient (Wildman–Crippen LogP) is 2.11. The maximum atomic E-state index is 11.7. The molecule has 0 amide bonds. The molecule has 6 heteroatoms. The zero-order valence-electron chi connectivity index (χ0n) is 9.66. The fraction of sp³-hybridized carbons (Fsp3) is 0.417. The normalized spacial score (nSPS) is 16.8. The van der Waals surface area contributed by atoms with E-state index in [4.69, 9.17) is 4.74 Å². The monoisotopic (exact) mass is 377 g/mol. The van der Waals surface area contributed by atoms with Crippen molar-refractivity contribution in [1.82, 2.24) is 4.90 Å². The summed E-state index contributed by atoms with van der Waals surface area (Å²) in [4.78, 5) is 13.9. The Bertz CT molecular complexity index is 501. The van der Waals surface area contributed by atoms with Crippen LogP contribution in [0.3, 0.4) is 0 Å². The molecular formula is C12H13Br2NO3. The van der Waals surface area contributed by atoms with Crippen LogP contribution in [0.25, 0.3) is 0 Å². The molecule has 1 fully saturated rings. The Labute approximate surface area is 122 Å². The molecule has 4 nitrogen and oxygen atoms in total. The number of ether oxygens (including phenoxy) is 1. The van der Waals surface area contributed by atoms with E-state index in [1.807, 2.05) is 0 Å². The van der Waals surface area contributed by atoms with Crippen LogP contribution in [0.1, 0.15) is 5.56 Å². The van der Waals surface area contributed by atoms with Crippen LogP contribution < -0.4 is 5.43 Å². The molecule has 98 valence electrons. The minimum Gasteiger partial charge on any atom is -0.503 e. The molecule has 1 saturated heterocycles. The lowest BCUT2D eigenvalue weighted by Gasteiger charge is -2.26. The Morgan fingerprint density at radius 2 is 1.83 bits per heavy atom. The largest absolute Gasteiger partial charge is 0.503 e. The molecule has 18 heavy (non-hydrogen) atoms. The molecule has 1 N–H and O–H groups in total. The molecule has 0 spiro atoms. The smallest absolute Gasteiger partial charge is 0.235 e. The van der Waals surface area contributed by atoms with Gasteiger partial charge in [0.2, 0.25) is 5.43 Å². The summed E-state index contributed by atoms with van der Waals surface area (Å²) >= 11 is 6.40. The molecule has 1 aliphatic rings. The van der Waals surface area contributed by atoms with E-state index in [0.29, 0.717) is 8.95 Å². The average Bonchev–Trinajstić information content (AvgIpc) is 2.44. The molecule has 0 unspecified atom stereocenters. The van der Waals surface area contributed by atoms with Crippen molar-refractivity contribution in [2.24, 2.45) is 0 Å². The fourth-order valence-electron chi connectivity index (χ4n) is 1.83. The second-order valence-electron chi connectivity index (χ2n) is 4.13. The highest BCUT2D eigenvalue weighted by atomic mass is 79.9. The first-order valence-corrected chi connectivity index (χ1v) is 7.18. The number of halogens is 2. The molecule has 1 aliphatic heterocycles. The molecule has 1 heterocycles. The highest BCUT2D eigenvalue weighted by Crippen LogP contribution is 2.23. The van der Waals surface area contributed by atoms with E-state index in [1.54, 1.807) is 12.1 Å². The van der Waals surface area contributed by atoms with Gasteiger partial charge >= 0.3 is 0 Å². The van der Waals surface area contributed by atoms with Crippen molar-refractivity contribution in [3.63, 3.8) is 0 Å². The van der Waals surface area contributed by atoms with Crippen LogP contribution in [-0.4, -0.2) is 36.3 Å². The van der Waals surface area contributed by atoms with Crippen LogP contribution in [0.5, 0.6) is 5.75 Å². The van der Waals surface area contributed by atoms with Crippen molar-refractivity contribution < 1.29 is 9.84 Å². The number of hydrogen-bond donors (Lipinski definition) is 1. The molecule has 0 aromatic heterocycles. The first kappa shape index (κ1) is 14.0. The number of hydrogen-bond acceptors (Lipinski definition) is 4. The van der Waals surface area contributed by atoms with Crippen LogP contribution >= 0.6 is 31.9 Å². The Hall–Kier alpha value is -0.430. The van der Waals surface area contributed by atoms with Crippen LogP contribution in [0.15, 0.2) is 25.9 Å². The van der Waals surface area contributed by atoms with Crippen LogP contribution in [0.2, 0.25) is 0 Å². The highest BCUT2D eigenvalue weighted by molar-refractivity contribution is 9.11. The lowest BCUT2D eigenvalue weighted by Crippen LogP contribution is -2.35. The summed E-state index contributed by atoms with van der Waals surface area (Å²) < 4.78 is 6.08. The first-order chi connectivity index (χ1) is 8.58. The van der Waals surface area contributed by atoms with E-state index < -0.39 is 5.43 Å². The van der Waals surface area contributed by atoms with Gasteiger partial charge in [0.15, 0.2) is 5.75 Å². The van der Waals surface area contributed by atoms with Gasteiger partial charge in [-0.3, -0.25) is 9.69 Å². The summed E-state index contributed by atoms with van der Waals surface area (Å²) in [6.45, 7) is 3.96. The molecule has 1 aromatic rings. The lowest BCUT2D eigenvalue weighted by atomic mass is 10.2. The first-order valence-electron chi connectivity index (χ1n) is 5.59. The van der Waals surface area contributed by atoms with Gasteiger partial charge in [0, 0.05) is 19.6 Å². The van der Waals surface area contributed by atoms with Gasteiger partial charge in [0.25, 0.3) is 0 Å². The van der Waals surface area contributed by atoms with E-state index in [-0.39, 0.29) is 5.75 Å². The van der Waals surface area contributed by atoms with E-state index >= 15 is 0 Å². The van der Waals surface area contributed by atoms with Crippen molar-refractivity contribution in [1.29, 1.82) is 0 Å². The number of aromatic hydroxyl groups is 1. The molecule has 0 aliphatic carbocycles. The second-order valence-corrected chi connectivity index (χ2v) is 5.83. The summed E-state index contributed by atoms with van der Waals surface area (Å²) in [7, 11) is 0. The van der Waals surface area contributed by atoms with Crippen molar-refractivity contribution in [2.45, 2.75) is 6.54 Å². The molecule has 2 rings (SSSR count). The standard InChI is InChI=1S/C12H13Br2NO3/c13-9-5-8(6-10(14)12(17)11(9)16)7-15-1-3-18-4-2-15/h5-6H,1-4,7H2,(H,16,17). The van der Waals surface area contributed by atoms with E-state index in [2.05, 4.69) is 36.8 Å². The van der Waals surface area contributed by atoms with Gasteiger partial charge in [-0.2, -0.15) is 0 Å². The van der Waals surface area contributed by atoms with E-state index in [9.17, 15) is 9.90 Å². The zero-order valence-corrected chi connectivity index (χ0v) is 12.8. The summed E-state index contributed by atoms with van der Waals surface area (Å²) in [5, 5.41) is 9.65. The second kappa shape index (κ2) is 6.14. The van der Waals surface area contributed by atoms with Gasteiger partial charge in [-0.25, -0.2) is 0 Å². The topological polar surface area (TPSA) is 49.8 Å². The number of rotatable bonds is 2. The minimum atomic E-state index is -0.407. The molecule has 1 aromatic carbocycles. The number of morpholine rings is 1. The van der Waals surface area contributed by atoms with Crippen molar-refractivity contribution >= 4 is 31.9 Å². The molecule has 0 saturated carbocycles. The summed E-state index contributed by atoms with van der Waals surface area (Å²) in [5.41, 5.74) is 0.558. The highest BCUT2D eigenvalue weighted by Gasteiger charge is 2.13. The minimum absolute atomic E-state index is 0.268. The summed E-state index contributed by atoms with van der Waals surface area (Å²) in [5.74, 6) is -0.268. The zero-order chi connectivity index (χ0) is 13.1. The van der Waals surface area contributed by atoms with Gasteiger partial charge < -0.3 is 9.84 Å².